The number of aromatic amines is 2. The van der Waals surface area contributed by atoms with Gasteiger partial charge in [-0.25, -0.2) is 29.9 Å². The van der Waals surface area contributed by atoms with Gasteiger partial charge in [-0.3, -0.25) is 0 Å². The van der Waals surface area contributed by atoms with E-state index in [1.807, 2.05) is 0 Å². The van der Waals surface area contributed by atoms with Gasteiger partial charge in [0, 0.05) is 33.0 Å². The predicted octanol–water partition coefficient (Wildman–Crippen LogP) is 14.7. The number of aromatic hydroxyl groups is 8. The van der Waals surface area contributed by atoms with Crippen LogP contribution >= 0.6 is 0 Å². The molecule has 0 saturated carbocycles. The van der Waals surface area contributed by atoms with Crippen LogP contribution in [0.4, 0.5) is 0 Å². The summed E-state index contributed by atoms with van der Waals surface area (Å²) in [4.78, 5) is 39.2. The van der Waals surface area contributed by atoms with E-state index in [9.17, 15) is 40.9 Å². The highest BCUT2D eigenvalue weighted by Gasteiger charge is 2.36. The van der Waals surface area contributed by atoms with E-state index in [4.69, 9.17) is 67.8 Å². The van der Waals surface area contributed by atoms with Crippen LogP contribution in [-0.4, -0.2) is 80.7 Å². The van der Waals surface area contributed by atoms with Crippen molar-refractivity contribution in [1.82, 2.24) is 39.9 Å². The van der Waals surface area contributed by atoms with Crippen molar-refractivity contribution in [3.63, 3.8) is 0 Å². The maximum Gasteiger partial charge on any atom is 0.170 e. The molecule has 508 valence electrons. The van der Waals surface area contributed by atoms with E-state index in [1.165, 1.54) is 97.1 Å². The van der Waals surface area contributed by atoms with Gasteiger partial charge >= 0.3 is 0 Å². The number of ether oxygens (including phenoxy) is 8. The Bertz CT molecular complexity index is 5930. The highest BCUT2D eigenvalue weighted by atomic mass is 16.5. The van der Waals surface area contributed by atoms with Crippen molar-refractivity contribution in [2.45, 2.75) is 11.8 Å². The van der Waals surface area contributed by atoms with E-state index >= 15 is 0 Å². The van der Waals surface area contributed by atoms with Crippen molar-refractivity contribution in [2.24, 2.45) is 0 Å². The molecule has 17 rings (SSSR count). The Morgan fingerprint density at radius 1 is 0.279 bits per heavy atom. The smallest absolute Gasteiger partial charge is 0.170 e. The summed E-state index contributed by atoms with van der Waals surface area (Å²) in [5.74, 6) is 3.30. The average Bonchev–Trinajstić information content (AvgIpc) is 1.58. The first-order valence-electron chi connectivity index (χ1n) is 32.2. The Morgan fingerprint density at radius 3 is 0.981 bits per heavy atom. The zero-order valence-electron chi connectivity index (χ0n) is 53.8. The van der Waals surface area contributed by atoms with Gasteiger partial charge < -0.3 is 88.7 Å². The Kier molecular flexibility index (Phi) is 15.5. The molecule has 3 aliphatic heterocycles. The molecule has 2 unspecified atom stereocenters. The number of nitrogens with one attached hydrogen (secondary N) is 2. The van der Waals surface area contributed by atoms with Gasteiger partial charge in [0.15, 0.2) is 63.2 Å². The number of rotatable bonds is 16. The topological polar surface area (TPSA) is 345 Å². The molecule has 0 radical (unpaired) electrons. The Balaban J connectivity index is 0.971. The van der Waals surface area contributed by atoms with Crippen LogP contribution in [0.25, 0.3) is 56.0 Å². The zero-order chi connectivity index (χ0) is 70.7. The molecule has 8 bridgehead atoms. The molecule has 5 heterocycles. The Morgan fingerprint density at radius 2 is 0.596 bits per heavy atom. The monoisotopic (exact) mass is 1380 g/mol. The molecule has 0 amide bonds. The lowest BCUT2D eigenvalue weighted by Crippen LogP contribution is -2.16. The van der Waals surface area contributed by atoms with Crippen LogP contribution < -0.4 is 48.9 Å². The molecule has 0 saturated heterocycles. The number of hydrogen-bond acceptors (Lipinski definition) is 22. The maximum absolute atomic E-state index is 10.4. The molecule has 2 aliphatic carbocycles. The van der Waals surface area contributed by atoms with Crippen LogP contribution in [0.3, 0.4) is 0 Å². The number of phenolic OH excluding ortho intramolecular Hbond substituents is 8. The van der Waals surface area contributed by atoms with E-state index in [-0.39, 0.29) is 138 Å². The minimum Gasteiger partial charge on any atom is -0.508 e. The fraction of sp³-hybridized carbons (Fsp3) is 0.0250. The normalized spacial score (nSPS) is 14.5. The van der Waals surface area contributed by atoms with Gasteiger partial charge in [0.1, 0.15) is 120 Å². The fourth-order valence-corrected chi connectivity index (χ4v) is 11.9. The molecule has 0 spiro atoms. The highest BCUT2D eigenvalue weighted by molar-refractivity contribution is 6.06. The molecule has 10 N–H and O–H groups in total. The lowest BCUT2D eigenvalue weighted by atomic mass is 9.93. The van der Waals surface area contributed by atoms with Crippen LogP contribution in [0.5, 0.6) is 115 Å². The van der Waals surface area contributed by atoms with E-state index < -0.39 is 11.8 Å². The summed E-state index contributed by atoms with van der Waals surface area (Å²) in [6.07, 6.45) is 7.07. The third-order valence-electron chi connectivity index (χ3n) is 16.9. The van der Waals surface area contributed by atoms with E-state index in [1.54, 1.807) is 146 Å². The van der Waals surface area contributed by atoms with E-state index in [2.05, 4.69) is 9.97 Å². The summed E-state index contributed by atoms with van der Waals surface area (Å²) >= 11 is 0. The van der Waals surface area contributed by atoms with Gasteiger partial charge in [-0.1, -0.05) is 0 Å². The molecule has 2 atom stereocenters. The van der Waals surface area contributed by atoms with Crippen molar-refractivity contribution < 1.29 is 78.7 Å². The molecule has 0 fully saturated rings. The number of nitrogens with zero attached hydrogens (tertiary/aromatic N) is 6. The molecule has 10 aromatic carbocycles. The first-order chi connectivity index (χ1) is 50.6. The first-order valence-corrected chi connectivity index (χ1v) is 32.2. The lowest BCUT2D eigenvalue weighted by Gasteiger charge is -2.22. The number of H-pyrrole nitrogens is 2. The quantitative estimate of drug-likeness (QED) is 0.0429. The average molecular weight is 1380 g/mol. The number of benzene rings is 10. The maximum atomic E-state index is 10.4. The summed E-state index contributed by atoms with van der Waals surface area (Å²) in [5.41, 5.74) is 2.53. The Hall–Kier alpha value is -14.9. The molecular formula is C80H52N8O16. The second-order valence-electron chi connectivity index (χ2n) is 24.1. The summed E-state index contributed by atoms with van der Waals surface area (Å²) < 4.78 is 53.1. The van der Waals surface area contributed by atoms with Crippen molar-refractivity contribution in [3.8, 4) is 138 Å². The largest absolute Gasteiger partial charge is 0.508 e. The van der Waals surface area contributed by atoms with Crippen LogP contribution in [0, 0.1) is 0 Å². The van der Waals surface area contributed by atoms with Crippen LogP contribution in [0.1, 0.15) is 23.5 Å². The number of phenols is 8. The standard InChI is InChI=1S/C80H52N8O16/c89-41-1-17-49(18-2-41)97-65-33-57-58(34-66(65)98-50-19-3-42(90)4-20-50)74-81-73(57)85-75-59-35-67(99-51-21-5-43(91)6-22-51)68(100-52-23-7-44(92)8-24-52)36-60(59)77(82-75)87-79-63-39-71(103-55-29-13-47(95)14-30-55)72(104-56-31-15-48(96)16-32-56)40-64(63)80(84-79)88-78-62-38-70(102-54-27-11-46(94)12-28-54)69(37-61(62)76(83-78)86-74)101-53-25-9-45(93)10-26-53/h1-40,57,59,89-96H,(H,81,82,85)(H,83,84,86,87,88). The van der Waals surface area contributed by atoms with Gasteiger partial charge in [0.2, 0.25) is 0 Å². The molecule has 12 aromatic rings. The molecular weight excluding hydrogens is 1330 g/mol. The molecule has 24 nitrogen and oxygen atoms in total. The van der Waals surface area contributed by atoms with Crippen LogP contribution in [0.2, 0.25) is 0 Å². The molecule has 104 heavy (non-hydrogen) atoms. The van der Waals surface area contributed by atoms with Gasteiger partial charge in [0.05, 0.1) is 11.8 Å². The van der Waals surface area contributed by atoms with Crippen LogP contribution in [0.15, 0.2) is 266 Å². The number of fused-ring (bicyclic) bond motifs is 18. The zero-order valence-corrected chi connectivity index (χ0v) is 53.8. The fourth-order valence-electron chi connectivity index (χ4n) is 11.9. The predicted molar refractivity (Wildman–Crippen MR) is 377 cm³/mol. The van der Waals surface area contributed by atoms with Crippen molar-refractivity contribution in [1.29, 1.82) is 0 Å². The number of aromatic nitrogens is 8. The van der Waals surface area contributed by atoms with Gasteiger partial charge in [-0.15, -0.1) is 0 Å². The van der Waals surface area contributed by atoms with Crippen molar-refractivity contribution in [3.05, 3.63) is 288 Å². The van der Waals surface area contributed by atoms with Crippen LogP contribution in [-0.2, 0) is 0 Å². The minimum atomic E-state index is -0.858. The van der Waals surface area contributed by atoms with E-state index in [0.717, 1.165) is 0 Å². The second kappa shape index (κ2) is 25.7. The summed E-state index contributed by atoms with van der Waals surface area (Å²) in [5, 5.41) is 83.8. The second-order valence-corrected chi connectivity index (χ2v) is 24.1. The number of allylic oxidation sites excluding steroid dienone is 4. The molecule has 24 heteroatoms. The highest BCUT2D eigenvalue weighted by Crippen LogP contribution is 2.48. The van der Waals surface area contributed by atoms with Crippen molar-refractivity contribution >= 4 is 33.2 Å². The number of hydrogen-bond donors (Lipinski definition) is 10. The van der Waals surface area contributed by atoms with Gasteiger partial charge in [-0.05, 0) is 243 Å². The summed E-state index contributed by atoms with van der Waals surface area (Å²) in [7, 11) is 0. The first kappa shape index (κ1) is 62.6. The van der Waals surface area contributed by atoms with Gasteiger partial charge in [-0.2, -0.15) is 0 Å². The Labute approximate surface area is 587 Å². The third-order valence-corrected chi connectivity index (χ3v) is 16.9. The minimum absolute atomic E-state index is 0.00468. The lowest BCUT2D eigenvalue weighted by molar-refractivity contribution is 0.343. The molecule has 5 aliphatic rings. The molecule has 2 aromatic heterocycles. The SMILES string of the molecule is Oc1ccc(OC2=CC3=c4nc(nc5[nH]c(nc6nc(nc7[nH]c(n4)c4cc(Oc8ccc(O)cc8)c(Oc8ccc(O)cc8)cc74)-c4cc(Oc7ccc(O)cc7)c(Oc7ccc(O)cc7)cc4-6)=C4C=C(Oc6ccc(O)cc6)C(Oc6ccc(O)cc6)=CC45)C3C=C2Oc2ccc(O)cc2)cc1. The summed E-state index contributed by atoms with van der Waals surface area (Å²) in [6, 6.07) is 56.0. The van der Waals surface area contributed by atoms with E-state index in [0.29, 0.717) is 79.0 Å². The van der Waals surface area contributed by atoms with Gasteiger partial charge in [0.25, 0.3) is 0 Å². The summed E-state index contributed by atoms with van der Waals surface area (Å²) in [6.45, 7) is 0. The van der Waals surface area contributed by atoms with Crippen molar-refractivity contribution in [2.75, 3.05) is 0 Å². The third kappa shape index (κ3) is 12.7.